The molecular formula is C15H17F3N2. The Hall–Kier alpha value is -1.52. The first-order chi connectivity index (χ1) is 9.45. The van der Waals surface area contributed by atoms with Crippen molar-refractivity contribution in [3.63, 3.8) is 0 Å². The number of aryl methyl sites for hydroxylation is 1. The first kappa shape index (κ1) is 13.5. The molecule has 0 saturated heterocycles. The van der Waals surface area contributed by atoms with Crippen molar-refractivity contribution in [1.82, 2.24) is 9.97 Å². The van der Waals surface area contributed by atoms with Crippen molar-refractivity contribution in [3.8, 4) is 0 Å². The number of H-pyrrole nitrogens is 1. The highest BCUT2D eigenvalue weighted by Gasteiger charge is 2.46. The Kier molecular flexibility index (Phi) is 3.22. The monoisotopic (exact) mass is 282 g/mol. The molecular weight excluding hydrogens is 265 g/mol. The molecule has 1 heterocycles. The highest BCUT2D eigenvalue weighted by atomic mass is 19.4. The number of benzene rings is 1. The van der Waals surface area contributed by atoms with E-state index in [2.05, 4.69) is 9.97 Å². The molecule has 20 heavy (non-hydrogen) atoms. The third kappa shape index (κ3) is 2.41. The van der Waals surface area contributed by atoms with Gasteiger partial charge in [-0.2, -0.15) is 13.2 Å². The molecule has 2 aromatic rings. The molecule has 0 amide bonds. The summed E-state index contributed by atoms with van der Waals surface area (Å²) < 4.78 is 39.5. The second-order valence-corrected chi connectivity index (χ2v) is 5.68. The number of imidazole rings is 1. The summed E-state index contributed by atoms with van der Waals surface area (Å²) in [5, 5.41) is 0. The van der Waals surface area contributed by atoms with E-state index in [1.54, 1.807) is 0 Å². The number of fused-ring (bicyclic) bond motifs is 1. The first-order valence-electron chi connectivity index (χ1n) is 6.98. The van der Waals surface area contributed by atoms with Crippen molar-refractivity contribution in [3.05, 3.63) is 29.6 Å². The zero-order valence-corrected chi connectivity index (χ0v) is 11.3. The van der Waals surface area contributed by atoms with Gasteiger partial charge < -0.3 is 4.98 Å². The zero-order valence-electron chi connectivity index (χ0n) is 11.3. The van der Waals surface area contributed by atoms with Crippen LogP contribution in [0.1, 0.15) is 43.0 Å². The van der Waals surface area contributed by atoms with Crippen LogP contribution in [0.4, 0.5) is 13.2 Å². The molecule has 1 saturated carbocycles. The van der Waals surface area contributed by atoms with Crippen LogP contribution < -0.4 is 0 Å². The number of nitrogens with one attached hydrogen (secondary N) is 1. The van der Waals surface area contributed by atoms with Crippen LogP contribution in [0, 0.1) is 12.8 Å². The molecule has 1 aromatic heterocycles. The van der Waals surface area contributed by atoms with E-state index >= 15 is 0 Å². The van der Waals surface area contributed by atoms with Gasteiger partial charge in [0.1, 0.15) is 5.82 Å². The highest BCUT2D eigenvalue weighted by molar-refractivity contribution is 5.75. The van der Waals surface area contributed by atoms with Gasteiger partial charge in [0, 0.05) is 5.92 Å². The fourth-order valence-electron chi connectivity index (χ4n) is 3.17. The predicted molar refractivity (Wildman–Crippen MR) is 71.6 cm³/mol. The van der Waals surface area contributed by atoms with E-state index in [0.29, 0.717) is 18.7 Å². The van der Waals surface area contributed by atoms with Gasteiger partial charge in [0.15, 0.2) is 0 Å². The van der Waals surface area contributed by atoms with Gasteiger partial charge in [-0.3, -0.25) is 0 Å². The number of halogens is 3. The van der Waals surface area contributed by atoms with Crippen LogP contribution in [0.15, 0.2) is 18.2 Å². The molecule has 1 N–H and O–H groups in total. The summed E-state index contributed by atoms with van der Waals surface area (Å²) in [6.45, 7) is 1.96. The SMILES string of the molecule is Cc1ccc2nc(C3CCCCC3C(F)(F)F)[nH]c2c1. The van der Waals surface area contributed by atoms with Crippen molar-refractivity contribution in [1.29, 1.82) is 0 Å². The van der Waals surface area contributed by atoms with Gasteiger partial charge >= 0.3 is 6.18 Å². The van der Waals surface area contributed by atoms with Crippen LogP contribution in [-0.2, 0) is 0 Å². The van der Waals surface area contributed by atoms with Crippen LogP contribution in [-0.4, -0.2) is 16.1 Å². The summed E-state index contributed by atoms with van der Waals surface area (Å²) >= 11 is 0. The lowest BCUT2D eigenvalue weighted by molar-refractivity contribution is -0.187. The van der Waals surface area contributed by atoms with Crippen LogP contribution in [0.2, 0.25) is 0 Å². The van der Waals surface area contributed by atoms with E-state index in [9.17, 15) is 13.2 Å². The summed E-state index contributed by atoms with van der Waals surface area (Å²) in [5.41, 5.74) is 2.65. The highest BCUT2D eigenvalue weighted by Crippen LogP contribution is 2.45. The van der Waals surface area contributed by atoms with Crippen molar-refractivity contribution in [2.75, 3.05) is 0 Å². The number of alkyl halides is 3. The van der Waals surface area contributed by atoms with Crippen LogP contribution in [0.3, 0.4) is 0 Å². The summed E-state index contributed by atoms with van der Waals surface area (Å²) in [4.78, 5) is 7.48. The molecule has 5 heteroatoms. The number of aromatic amines is 1. The van der Waals surface area contributed by atoms with E-state index in [0.717, 1.165) is 23.0 Å². The molecule has 1 aliphatic carbocycles. The normalized spacial score (nSPS) is 24.2. The number of nitrogens with zero attached hydrogens (tertiary/aromatic N) is 1. The van der Waals surface area contributed by atoms with E-state index in [1.165, 1.54) is 0 Å². The molecule has 1 fully saturated rings. The predicted octanol–water partition coefficient (Wildman–Crippen LogP) is 4.71. The van der Waals surface area contributed by atoms with Gasteiger partial charge in [-0.15, -0.1) is 0 Å². The molecule has 1 aromatic carbocycles. The summed E-state index contributed by atoms with van der Waals surface area (Å²) in [6.07, 6.45) is -1.87. The summed E-state index contributed by atoms with van der Waals surface area (Å²) in [5.74, 6) is -1.30. The maximum atomic E-state index is 13.2. The number of hydrogen-bond donors (Lipinski definition) is 1. The minimum absolute atomic E-state index is 0.213. The summed E-state index contributed by atoms with van der Waals surface area (Å²) in [7, 11) is 0. The third-order valence-electron chi connectivity index (χ3n) is 4.19. The molecule has 2 nitrogen and oxygen atoms in total. The minimum Gasteiger partial charge on any atom is -0.342 e. The van der Waals surface area contributed by atoms with Crippen molar-refractivity contribution >= 4 is 11.0 Å². The van der Waals surface area contributed by atoms with Gasteiger partial charge in [0.2, 0.25) is 0 Å². The Morgan fingerprint density at radius 3 is 2.70 bits per heavy atom. The van der Waals surface area contributed by atoms with Gasteiger partial charge in [-0.1, -0.05) is 18.9 Å². The lowest BCUT2D eigenvalue weighted by atomic mass is 9.78. The zero-order chi connectivity index (χ0) is 14.3. The molecule has 0 bridgehead atoms. The molecule has 108 valence electrons. The standard InChI is InChI=1S/C15H17F3N2/c1-9-6-7-12-13(8-9)20-14(19-12)10-4-2-3-5-11(10)15(16,17)18/h6-8,10-11H,2-5H2,1H3,(H,19,20). The van der Waals surface area contributed by atoms with E-state index in [-0.39, 0.29) is 6.42 Å². The second kappa shape index (κ2) is 4.79. The lowest BCUT2D eigenvalue weighted by Crippen LogP contribution is -2.32. The Labute approximate surface area is 115 Å². The molecule has 2 atom stereocenters. The fraction of sp³-hybridized carbons (Fsp3) is 0.533. The van der Waals surface area contributed by atoms with Gasteiger partial charge in [-0.05, 0) is 37.5 Å². The molecule has 1 aliphatic rings. The Balaban J connectivity index is 1.99. The molecule has 0 radical (unpaired) electrons. The molecule has 2 unspecified atom stereocenters. The van der Waals surface area contributed by atoms with Gasteiger partial charge in [0.05, 0.1) is 17.0 Å². The maximum absolute atomic E-state index is 13.2. The van der Waals surface area contributed by atoms with Crippen LogP contribution >= 0.6 is 0 Å². The lowest BCUT2D eigenvalue weighted by Gasteiger charge is -2.31. The Morgan fingerprint density at radius 2 is 1.95 bits per heavy atom. The van der Waals surface area contributed by atoms with Crippen molar-refractivity contribution in [2.45, 2.75) is 44.7 Å². The minimum atomic E-state index is -4.14. The molecule has 0 aliphatic heterocycles. The van der Waals surface area contributed by atoms with Crippen molar-refractivity contribution < 1.29 is 13.2 Å². The van der Waals surface area contributed by atoms with Crippen LogP contribution in [0.5, 0.6) is 0 Å². The summed E-state index contributed by atoms with van der Waals surface area (Å²) in [6, 6.07) is 5.71. The second-order valence-electron chi connectivity index (χ2n) is 5.68. The first-order valence-corrected chi connectivity index (χ1v) is 6.98. The average Bonchev–Trinajstić information content (AvgIpc) is 2.80. The smallest absolute Gasteiger partial charge is 0.342 e. The number of aromatic nitrogens is 2. The van der Waals surface area contributed by atoms with Gasteiger partial charge in [-0.25, -0.2) is 4.98 Å². The molecule has 3 rings (SSSR count). The third-order valence-corrected chi connectivity index (χ3v) is 4.19. The quantitative estimate of drug-likeness (QED) is 0.806. The largest absolute Gasteiger partial charge is 0.392 e. The number of hydrogen-bond acceptors (Lipinski definition) is 1. The van der Waals surface area contributed by atoms with E-state index in [4.69, 9.17) is 0 Å². The molecule has 0 spiro atoms. The Morgan fingerprint density at radius 1 is 1.20 bits per heavy atom. The fourth-order valence-corrected chi connectivity index (χ4v) is 3.17. The maximum Gasteiger partial charge on any atom is 0.392 e. The van der Waals surface area contributed by atoms with E-state index in [1.807, 2.05) is 25.1 Å². The Bertz CT molecular complexity index is 615. The topological polar surface area (TPSA) is 28.7 Å². The number of rotatable bonds is 1. The average molecular weight is 282 g/mol. The van der Waals surface area contributed by atoms with Crippen molar-refractivity contribution in [2.24, 2.45) is 5.92 Å². The van der Waals surface area contributed by atoms with E-state index < -0.39 is 18.0 Å². The van der Waals surface area contributed by atoms with Gasteiger partial charge in [0.25, 0.3) is 0 Å². The van der Waals surface area contributed by atoms with Crippen LogP contribution in [0.25, 0.3) is 11.0 Å².